The minimum atomic E-state index is -3.34. The van der Waals surface area contributed by atoms with Crippen LogP contribution in [0.25, 0.3) is 0 Å². The van der Waals surface area contributed by atoms with Crippen LogP contribution in [-0.4, -0.2) is 51.2 Å². The van der Waals surface area contributed by atoms with Crippen LogP contribution in [0, 0.1) is 5.41 Å². The van der Waals surface area contributed by atoms with E-state index < -0.39 is 10.0 Å². The fourth-order valence-corrected chi connectivity index (χ4v) is 5.07. The van der Waals surface area contributed by atoms with Crippen molar-refractivity contribution in [1.82, 2.24) is 14.9 Å². The number of benzene rings is 1. The fraction of sp³-hybridized carbons (Fsp3) is 0.650. The van der Waals surface area contributed by atoms with E-state index in [1.165, 1.54) is 32.1 Å². The Morgan fingerprint density at radius 3 is 2.57 bits per heavy atom. The first-order valence-electron chi connectivity index (χ1n) is 10.1. The van der Waals surface area contributed by atoms with E-state index >= 15 is 0 Å². The summed E-state index contributed by atoms with van der Waals surface area (Å²) in [5, 5.41) is 3.34. The molecule has 0 radical (unpaired) electrons. The molecule has 1 heterocycles. The van der Waals surface area contributed by atoms with E-state index in [4.69, 9.17) is 0 Å². The van der Waals surface area contributed by atoms with Gasteiger partial charge >= 0.3 is 0 Å². The van der Waals surface area contributed by atoms with Crippen LogP contribution in [0.2, 0.25) is 0 Å². The highest BCUT2D eigenvalue weighted by molar-refractivity contribution is 14.0. The van der Waals surface area contributed by atoms with Gasteiger partial charge in [0.25, 0.3) is 0 Å². The van der Waals surface area contributed by atoms with Gasteiger partial charge in [-0.1, -0.05) is 43.2 Å². The number of rotatable bonds is 7. The highest BCUT2D eigenvalue weighted by Gasteiger charge is 2.41. The summed E-state index contributed by atoms with van der Waals surface area (Å²) in [6, 6.07) is 9.56. The molecule has 1 aliphatic heterocycles. The molecule has 0 bridgehead atoms. The number of nitrogens with zero attached hydrogens (tertiary/aromatic N) is 2. The predicted octanol–water partition coefficient (Wildman–Crippen LogP) is 2.96. The summed E-state index contributed by atoms with van der Waals surface area (Å²) in [6.07, 6.45) is 6.55. The first kappa shape index (κ1) is 23.4. The molecule has 2 N–H and O–H groups in total. The maximum absolute atomic E-state index is 12.3. The van der Waals surface area contributed by atoms with Gasteiger partial charge in [-0.25, -0.2) is 13.1 Å². The molecule has 1 aromatic rings. The number of halogens is 1. The molecule has 1 aromatic carbocycles. The van der Waals surface area contributed by atoms with Gasteiger partial charge in [0.05, 0.1) is 12.3 Å². The largest absolute Gasteiger partial charge is 0.357 e. The van der Waals surface area contributed by atoms with Gasteiger partial charge in [0.1, 0.15) is 0 Å². The van der Waals surface area contributed by atoms with Crippen LogP contribution < -0.4 is 10.0 Å². The number of aliphatic imine (C=N–C) groups is 1. The lowest BCUT2D eigenvalue weighted by Crippen LogP contribution is -2.41. The monoisotopic (exact) mass is 520 g/mol. The van der Waals surface area contributed by atoms with Crippen LogP contribution in [0.1, 0.15) is 44.6 Å². The highest BCUT2D eigenvalue weighted by Crippen LogP contribution is 2.45. The molecule has 3 rings (SSSR count). The van der Waals surface area contributed by atoms with Crippen molar-refractivity contribution >= 4 is 40.0 Å². The van der Waals surface area contributed by atoms with Crippen LogP contribution >= 0.6 is 24.0 Å². The molecule has 158 valence electrons. The second kappa shape index (κ2) is 10.8. The van der Waals surface area contributed by atoms with E-state index in [9.17, 15) is 8.42 Å². The molecule has 0 atom stereocenters. The van der Waals surface area contributed by atoms with Crippen molar-refractivity contribution in [2.45, 2.75) is 45.6 Å². The predicted molar refractivity (Wildman–Crippen MR) is 126 cm³/mol. The normalized spacial score (nSPS) is 19.0. The van der Waals surface area contributed by atoms with E-state index in [0.717, 1.165) is 31.2 Å². The topological polar surface area (TPSA) is 73.8 Å². The average Bonchev–Trinajstić information content (AvgIpc) is 3.30. The lowest BCUT2D eigenvalue weighted by molar-refractivity contribution is 0.309. The number of likely N-dealkylation sites (tertiary alicyclic amines) is 1. The zero-order valence-corrected chi connectivity index (χ0v) is 19.8. The van der Waals surface area contributed by atoms with Crippen molar-refractivity contribution in [2.24, 2.45) is 10.4 Å². The molecule has 0 amide bonds. The Bertz CT molecular complexity index is 734. The van der Waals surface area contributed by atoms with E-state index in [-0.39, 0.29) is 36.3 Å². The smallest absolute Gasteiger partial charge is 0.213 e. The first-order chi connectivity index (χ1) is 13.0. The summed E-state index contributed by atoms with van der Waals surface area (Å²) in [7, 11) is -3.34. The third kappa shape index (κ3) is 6.59. The third-order valence-corrected chi connectivity index (χ3v) is 7.00. The van der Waals surface area contributed by atoms with Crippen molar-refractivity contribution in [3.63, 3.8) is 0 Å². The summed E-state index contributed by atoms with van der Waals surface area (Å²) in [4.78, 5) is 6.92. The summed E-state index contributed by atoms with van der Waals surface area (Å²) in [5.74, 6) is 0.868. The number of sulfonamides is 1. The van der Waals surface area contributed by atoms with Gasteiger partial charge in [-0.3, -0.25) is 4.99 Å². The lowest BCUT2D eigenvalue weighted by Gasteiger charge is -2.26. The first-order valence-corrected chi connectivity index (χ1v) is 11.7. The molecule has 1 spiro atoms. The van der Waals surface area contributed by atoms with Crippen LogP contribution in [-0.2, 0) is 16.6 Å². The molecule has 2 aliphatic rings. The van der Waals surface area contributed by atoms with Crippen molar-refractivity contribution in [3.8, 4) is 0 Å². The minimum Gasteiger partial charge on any atom is -0.357 e. The van der Waals surface area contributed by atoms with Gasteiger partial charge in [-0.05, 0) is 37.2 Å². The Labute approximate surface area is 186 Å². The van der Waals surface area contributed by atoms with Crippen molar-refractivity contribution in [3.05, 3.63) is 35.9 Å². The van der Waals surface area contributed by atoms with Gasteiger partial charge in [0, 0.05) is 26.2 Å². The quantitative estimate of drug-likeness (QED) is 0.330. The molecular formula is C20H33IN4O2S. The molecular weight excluding hydrogens is 487 g/mol. The molecule has 1 saturated carbocycles. The Hall–Kier alpha value is -0.870. The highest BCUT2D eigenvalue weighted by atomic mass is 127. The Kier molecular flexibility index (Phi) is 9.01. The lowest BCUT2D eigenvalue weighted by atomic mass is 9.86. The Balaban J connectivity index is 0.00000280. The second-order valence-corrected chi connectivity index (χ2v) is 9.67. The number of hydrogen-bond acceptors (Lipinski definition) is 3. The maximum Gasteiger partial charge on any atom is 0.213 e. The molecule has 2 fully saturated rings. The molecule has 1 saturated heterocycles. The van der Waals surface area contributed by atoms with Crippen LogP contribution in [0.15, 0.2) is 35.3 Å². The minimum absolute atomic E-state index is 0. The zero-order chi connectivity index (χ0) is 19.2. The number of guanidine groups is 1. The van der Waals surface area contributed by atoms with Crippen LogP contribution in [0.3, 0.4) is 0 Å². The third-order valence-electron chi connectivity index (χ3n) is 5.70. The Morgan fingerprint density at radius 1 is 1.18 bits per heavy atom. The van der Waals surface area contributed by atoms with Gasteiger partial charge in [0.2, 0.25) is 10.0 Å². The maximum atomic E-state index is 12.3. The van der Waals surface area contributed by atoms with Crippen LogP contribution in [0.5, 0.6) is 0 Å². The second-order valence-electron chi connectivity index (χ2n) is 7.74. The zero-order valence-electron chi connectivity index (χ0n) is 16.7. The van der Waals surface area contributed by atoms with Gasteiger partial charge in [-0.2, -0.15) is 0 Å². The average molecular weight is 520 g/mol. The molecule has 6 nitrogen and oxygen atoms in total. The standard InChI is InChI=1S/C20H32N4O2S.HI/c1-2-21-19(24-14-12-20(17-24)10-6-7-11-20)22-13-15-27(25,26)23-16-18-8-4-3-5-9-18;/h3-5,8-9,23H,2,6-7,10-17H2,1H3,(H,21,22);1H. The van der Waals surface area contributed by atoms with Crippen molar-refractivity contribution in [1.29, 1.82) is 0 Å². The molecule has 0 aromatic heterocycles. The molecule has 28 heavy (non-hydrogen) atoms. The van der Waals surface area contributed by atoms with E-state index in [1.54, 1.807) is 0 Å². The van der Waals surface area contributed by atoms with Gasteiger partial charge < -0.3 is 10.2 Å². The van der Waals surface area contributed by atoms with Crippen molar-refractivity contribution in [2.75, 3.05) is 31.9 Å². The van der Waals surface area contributed by atoms with Gasteiger partial charge in [-0.15, -0.1) is 24.0 Å². The number of nitrogens with one attached hydrogen (secondary N) is 2. The summed E-state index contributed by atoms with van der Waals surface area (Å²) >= 11 is 0. The van der Waals surface area contributed by atoms with E-state index in [2.05, 4.69) is 26.9 Å². The molecule has 0 unspecified atom stereocenters. The SMILES string of the molecule is CCNC(=NCCS(=O)(=O)NCc1ccccc1)N1CCC2(CCCC2)C1.I. The number of hydrogen-bond donors (Lipinski definition) is 2. The summed E-state index contributed by atoms with van der Waals surface area (Å²) in [6.45, 7) is 5.51. The van der Waals surface area contributed by atoms with E-state index in [1.807, 2.05) is 30.3 Å². The Morgan fingerprint density at radius 2 is 1.89 bits per heavy atom. The van der Waals surface area contributed by atoms with Crippen molar-refractivity contribution < 1.29 is 8.42 Å². The molecule has 8 heteroatoms. The fourth-order valence-electron chi connectivity index (χ4n) is 4.21. The summed E-state index contributed by atoms with van der Waals surface area (Å²) in [5.41, 5.74) is 1.43. The molecule has 1 aliphatic carbocycles. The van der Waals surface area contributed by atoms with E-state index in [0.29, 0.717) is 12.0 Å². The summed E-state index contributed by atoms with van der Waals surface area (Å²) < 4.78 is 27.2. The van der Waals surface area contributed by atoms with Gasteiger partial charge in [0.15, 0.2) is 5.96 Å². The van der Waals surface area contributed by atoms with Crippen LogP contribution in [0.4, 0.5) is 0 Å².